The van der Waals surface area contributed by atoms with E-state index >= 15 is 0 Å². The molecule has 4 nitrogen and oxygen atoms in total. The van der Waals surface area contributed by atoms with Crippen LogP contribution in [0.4, 0.5) is 5.69 Å². The summed E-state index contributed by atoms with van der Waals surface area (Å²) < 4.78 is 10.4. The van der Waals surface area contributed by atoms with E-state index in [1.165, 1.54) is 0 Å². The van der Waals surface area contributed by atoms with E-state index in [4.69, 9.17) is 21.7 Å². The first-order chi connectivity index (χ1) is 9.10. The molecule has 0 amide bonds. The predicted octanol–water partition coefficient (Wildman–Crippen LogP) is 3.18. The van der Waals surface area contributed by atoms with Crippen molar-refractivity contribution in [2.45, 2.75) is 32.7 Å². The summed E-state index contributed by atoms with van der Waals surface area (Å²) >= 11 is 5.27. The molecule has 5 heteroatoms. The molecule has 0 aliphatic rings. The zero-order chi connectivity index (χ0) is 14.3. The van der Waals surface area contributed by atoms with Gasteiger partial charge < -0.3 is 20.1 Å². The summed E-state index contributed by atoms with van der Waals surface area (Å²) in [5.74, 6) is 1.38. The molecule has 1 aromatic carbocycles. The summed E-state index contributed by atoms with van der Waals surface area (Å²) in [6, 6.07) is 5.97. The van der Waals surface area contributed by atoms with E-state index in [2.05, 4.69) is 24.5 Å². The van der Waals surface area contributed by atoms with E-state index in [1.807, 2.05) is 18.2 Å². The number of nitrogens with one attached hydrogen (secondary N) is 2. The molecule has 0 aromatic heterocycles. The fraction of sp³-hybridized carbons (Fsp3) is 0.500. The molecular weight excluding hydrogens is 260 g/mol. The first-order valence-electron chi connectivity index (χ1n) is 6.40. The predicted molar refractivity (Wildman–Crippen MR) is 83.3 cm³/mol. The van der Waals surface area contributed by atoms with E-state index in [0.29, 0.717) is 22.7 Å². The lowest BCUT2D eigenvalue weighted by Gasteiger charge is -2.17. The topological polar surface area (TPSA) is 42.5 Å². The van der Waals surface area contributed by atoms with E-state index in [1.54, 1.807) is 14.2 Å². The lowest BCUT2D eigenvalue weighted by atomic mass is 10.2. The molecule has 0 spiro atoms. The first-order valence-corrected chi connectivity index (χ1v) is 6.81. The minimum absolute atomic E-state index is 0.366. The van der Waals surface area contributed by atoms with Gasteiger partial charge in [-0.05, 0) is 37.7 Å². The van der Waals surface area contributed by atoms with Gasteiger partial charge in [-0.15, -0.1) is 0 Å². The quantitative estimate of drug-likeness (QED) is 0.784. The number of thiocarbonyl (C=S) groups is 1. The van der Waals surface area contributed by atoms with E-state index in [9.17, 15) is 0 Å². The third kappa shape index (κ3) is 4.95. The molecule has 0 bridgehead atoms. The second-order valence-corrected chi connectivity index (χ2v) is 4.77. The molecule has 0 aliphatic heterocycles. The Balaban J connectivity index is 2.64. The molecule has 2 N–H and O–H groups in total. The number of benzene rings is 1. The molecule has 19 heavy (non-hydrogen) atoms. The van der Waals surface area contributed by atoms with Crippen molar-refractivity contribution in [1.29, 1.82) is 0 Å². The van der Waals surface area contributed by atoms with Gasteiger partial charge in [0.15, 0.2) is 16.6 Å². The lowest BCUT2D eigenvalue weighted by molar-refractivity contribution is 0.355. The van der Waals surface area contributed by atoms with Crippen molar-refractivity contribution in [1.82, 2.24) is 5.32 Å². The average molecular weight is 282 g/mol. The van der Waals surface area contributed by atoms with Crippen molar-refractivity contribution < 1.29 is 9.47 Å². The molecule has 0 saturated carbocycles. The second kappa shape index (κ2) is 7.84. The maximum atomic E-state index is 5.27. The van der Waals surface area contributed by atoms with Crippen LogP contribution in [0.25, 0.3) is 0 Å². The summed E-state index contributed by atoms with van der Waals surface area (Å²) in [6.07, 6.45) is 2.22. The molecule has 0 unspecified atom stereocenters. The van der Waals surface area contributed by atoms with E-state index in [-0.39, 0.29) is 0 Å². The Hall–Kier alpha value is -1.49. The Morgan fingerprint density at radius 2 is 1.95 bits per heavy atom. The fourth-order valence-corrected chi connectivity index (χ4v) is 2.13. The van der Waals surface area contributed by atoms with Crippen LogP contribution in [0, 0.1) is 0 Å². The summed E-state index contributed by atoms with van der Waals surface area (Å²) in [4.78, 5) is 0. The SMILES string of the molecule is CCC[C@@H](C)NC(=S)Nc1ccc(OC)c(OC)c1. The van der Waals surface area contributed by atoms with Gasteiger partial charge in [0.05, 0.1) is 14.2 Å². The minimum Gasteiger partial charge on any atom is -0.493 e. The van der Waals surface area contributed by atoms with E-state index < -0.39 is 0 Å². The van der Waals surface area contributed by atoms with Crippen molar-refractivity contribution in [3.63, 3.8) is 0 Å². The highest BCUT2D eigenvalue weighted by Gasteiger charge is 2.07. The van der Waals surface area contributed by atoms with Crippen molar-refractivity contribution >= 4 is 23.0 Å². The Kier molecular flexibility index (Phi) is 6.42. The van der Waals surface area contributed by atoms with Gasteiger partial charge in [0.25, 0.3) is 0 Å². The van der Waals surface area contributed by atoms with Crippen LogP contribution in [0.15, 0.2) is 18.2 Å². The summed E-state index contributed by atoms with van der Waals surface area (Å²) in [6.45, 7) is 4.27. The Morgan fingerprint density at radius 3 is 2.53 bits per heavy atom. The summed E-state index contributed by atoms with van der Waals surface area (Å²) in [5.41, 5.74) is 0.874. The van der Waals surface area contributed by atoms with Crippen LogP contribution in [0.3, 0.4) is 0 Å². The second-order valence-electron chi connectivity index (χ2n) is 4.36. The van der Waals surface area contributed by atoms with Gasteiger partial charge in [0, 0.05) is 17.8 Å². The molecule has 1 atom stereocenters. The smallest absolute Gasteiger partial charge is 0.170 e. The number of hydrogen-bond donors (Lipinski definition) is 2. The molecule has 0 aliphatic carbocycles. The molecular formula is C14H22N2O2S. The zero-order valence-electron chi connectivity index (χ0n) is 11.9. The van der Waals surface area contributed by atoms with Crippen molar-refractivity contribution in [3.05, 3.63) is 18.2 Å². The van der Waals surface area contributed by atoms with Gasteiger partial charge in [0.1, 0.15) is 0 Å². The zero-order valence-corrected chi connectivity index (χ0v) is 12.8. The highest BCUT2D eigenvalue weighted by atomic mass is 32.1. The average Bonchev–Trinajstić information content (AvgIpc) is 2.38. The third-order valence-corrected chi connectivity index (χ3v) is 2.96. The third-order valence-electron chi connectivity index (χ3n) is 2.74. The van der Waals surface area contributed by atoms with Gasteiger partial charge in [-0.3, -0.25) is 0 Å². The number of methoxy groups -OCH3 is 2. The lowest BCUT2D eigenvalue weighted by Crippen LogP contribution is -2.35. The van der Waals surface area contributed by atoms with Crippen LogP contribution >= 0.6 is 12.2 Å². The van der Waals surface area contributed by atoms with Crippen LogP contribution in [0.2, 0.25) is 0 Å². The fourth-order valence-electron chi connectivity index (χ4n) is 1.81. The molecule has 0 radical (unpaired) electrons. The highest BCUT2D eigenvalue weighted by molar-refractivity contribution is 7.80. The first kappa shape index (κ1) is 15.6. The summed E-state index contributed by atoms with van der Waals surface area (Å²) in [5, 5.41) is 7.00. The molecule has 0 saturated heterocycles. The van der Waals surface area contributed by atoms with Gasteiger partial charge >= 0.3 is 0 Å². The number of ether oxygens (including phenoxy) is 2. The highest BCUT2D eigenvalue weighted by Crippen LogP contribution is 2.29. The molecule has 1 rings (SSSR count). The van der Waals surface area contributed by atoms with Crippen molar-refractivity contribution in [2.75, 3.05) is 19.5 Å². The maximum Gasteiger partial charge on any atom is 0.170 e. The van der Waals surface area contributed by atoms with Crippen molar-refractivity contribution in [2.24, 2.45) is 0 Å². The van der Waals surface area contributed by atoms with Gasteiger partial charge in [0.2, 0.25) is 0 Å². The van der Waals surface area contributed by atoms with Crippen LogP contribution in [0.1, 0.15) is 26.7 Å². The van der Waals surface area contributed by atoms with E-state index in [0.717, 1.165) is 18.5 Å². The molecule has 106 valence electrons. The summed E-state index contributed by atoms with van der Waals surface area (Å²) in [7, 11) is 3.23. The minimum atomic E-state index is 0.366. The largest absolute Gasteiger partial charge is 0.493 e. The Bertz CT molecular complexity index is 424. The van der Waals surface area contributed by atoms with Crippen LogP contribution in [0.5, 0.6) is 11.5 Å². The molecule has 1 aromatic rings. The number of anilines is 1. The van der Waals surface area contributed by atoms with Gasteiger partial charge in [-0.25, -0.2) is 0 Å². The Morgan fingerprint density at radius 1 is 1.26 bits per heavy atom. The van der Waals surface area contributed by atoms with Gasteiger partial charge in [-0.2, -0.15) is 0 Å². The maximum absolute atomic E-state index is 5.27. The van der Waals surface area contributed by atoms with Gasteiger partial charge in [-0.1, -0.05) is 13.3 Å². The normalized spacial score (nSPS) is 11.6. The monoisotopic (exact) mass is 282 g/mol. The Labute approximate surface area is 120 Å². The molecule has 0 heterocycles. The van der Waals surface area contributed by atoms with Crippen LogP contribution in [-0.4, -0.2) is 25.4 Å². The van der Waals surface area contributed by atoms with Crippen LogP contribution in [-0.2, 0) is 0 Å². The van der Waals surface area contributed by atoms with Crippen LogP contribution < -0.4 is 20.1 Å². The van der Waals surface area contributed by atoms with Crippen molar-refractivity contribution in [3.8, 4) is 11.5 Å². The number of hydrogen-bond acceptors (Lipinski definition) is 3. The standard InChI is InChI=1S/C14H22N2O2S/c1-5-6-10(2)15-14(19)16-11-7-8-12(17-3)13(9-11)18-4/h7-10H,5-6H2,1-4H3,(H2,15,16,19)/t10-/m1/s1. The molecule has 0 fully saturated rings. The number of rotatable bonds is 6.